The molecule has 0 spiro atoms. The zero-order valence-electron chi connectivity index (χ0n) is 5.43. The normalized spacial score (nSPS) is 10.1. The van der Waals surface area contributed by atoms with Crippen LogP contribution in [0.2, 0.25) is 0 Å². The van der Waals surface area contributed by atoms with Gasteiger partial charge in [0.05, 0.1) is 5.69 Å². The van der Waals surface area contributed by atoms with E-state index in [0.717, 1.165) is 15.9 Å². The van der Waals surface area contributed by atoms with Crippen LogP contribution < -0.4 is 0 Å². The molecule has 0 atom stereocenters. The Labute approximate surface area is 67.6 Å². The van der Waals surface area contributed by atoms with Gasteiger partial charge in [0.1, 0.15) is 3.70 Å². The minimum Gasteiger partial charge on any atom is -0.249 e. The Bertz CT molecular complexity index is 206. The van der Waals surface area contributed by atoms with E-state index >= 15 is 0 Å². The number of halogens is 1. The topological polar surface area (TPSA) is 30.7 Å². The number of hydrogen-bond donors (Lipinski definition) is 0. The third-order valence-corrected chi connectivity index (χ3v) is 2.22. The smallest absolute Gasteiger partial charge is 0.146 e. The number of aromatic nitrogens is 3. The molecule has 1 heterocycles. The van der Waals surface area contributed by atoms with Crippen molar-refractivity contribution in [2.45, 2.75) is 20.4 Å². The van der Waals surface area contributed by atoms with Crippen LogP contribution in [0.1, 0.15) is 12.6 Å². The van der Waals surface area contributed by atoms with Crippen LogP contribution in [-0.4, -0.2) is 15.0 Å². The fraction of sp³-hybridized carbons (Fsp3) is 0.600. The fourth-order valence-electron chi connectivity index (χ4n) is 0.640. The Kier molecular flexibility index (Phi) is 2.05. The average Bonchev–Trinajstić information content (AvgIpc) is 2.15. The van der Waals surface area contributed by atoms with Gasteiger partial charge in [0.2, 0.25) is 0 Å². The summed E-state index contributed by atoms with van der Waals surface area (Å²) in [5.74, 6) is 0. The highest BCUT2D eigenvalue weighted by atomic mass is 127. The molecule has 0 bridgehead atoms. The van der Waals surface area contributed by atoms with Gasteiger partial charge in [-0.2, -0.15) is 0 Å². The molecule has 0 N–H and O–H groups in total. The molecule has 50 valence electrons. The van der Waals surface area contributed by atoms with Crippen molar-refractivity contribution in [3.05, 3.63) is 9.39 Å². The second-order valence-corrected chi connectivity index (χ2v) is 2.80. The van der Waals surface area contributed by atoms with Crippen LogP contribution in [0.5, 0.6) is 0 Å². The predicted octanol–water partition coefficient (Wildman–Crippen LogP) is 1.21. The molecule has 0 aliphatic carbocycles. The second kappa shape index (κ2) is 2.64. The van der Waals surface area contributed by atoms with Crippen LogP contribution in [0.15, 0.2) is 0 Å². The van der Waals surface area contributed by atoms with Crippen LogP contribution in [0.4, 0.5) is 0 Å². The van der Waals surface area contributed by atoms with E-state index < -0.39 is 0 Å². The molecule has 1 aromatic rings. The number of aryl methyl sites for hydroxylation is 1. The van der Waals surface area contributed by atoms with Gasteiger partial charge in [-0.15, -0.1) is 5.10 Å². The first kappa shape index (κ1) is 6.98. The standard InChI is InChI=1S/C5H8IN3/c1-3-9-4(2)5(6)7-8-9/h3H2,1-2H3. The van der Waals surface area contributed by atoms with E-state index in [1.54, 1.807) is 0 Å². The Hall–Kier alpha value is -0.130. The highest BCUT2D eigenvalue weighted by Gasteiger charge is 2.00. The van der Waals surface area contributed by atoms with Crippen molar-refractivity contribution in [1.29, 1.82) is 0 Å². The quantitative estimate of drug-likeness (QED) is 0.687. The van der Waals surface area contributed by atoms with Crippen LogP contribution >= 0.6 is 22.6 Å². The lowest BCUT2D eigenvalue weighted by Gasteiger charge is -1.93. The summed E-state index contributed by atoms with van der Waals surface area (Å²) in [6, 6.07) is 0. The molecule has 0 radical (unpaired) electrons. The Morgan fingerprint density at radius 2 is 2.33 bits per heavy atom. The zero-order chi connectivity index (χ0) is 6.85. The summed E-state index contributed by atoms with van der Waals surface area (Å²) in [4.78, 5) is 0. The van der Waals surface area contributed by atoms with E-state index in [4.69, 9.17) is 0 Å². The van der Waals surface area contributed by atoms with Crippen molar-refractivity contribution < 1.29 is 0 Å². The molecule has 0 amide bonds. The van der Waals surface area contributed by atoms with Gasteiger partial charge in [-0.1, -0.05) is 5.21 Å². The monoisotopic (exact) mass is 237 g/mol. The summed E-state index contributed by atoms with van der Waals surface area (Å²) in [5, 5.41) is 7.78. The molecule has 0 fully saturated rings. The maximum Gasteiger partial charge on any atom is 0.146 e. The number of hydrogen-bond acceptors (Lipinski definition) is 2. The Balaban J connectivity index is 3.04. The molecular formula is C5H8IN3. The van der Waals surface area contributed by atoms with Gasteiger partial charge in [0, 0.05) is 6.54 Å². The molecule has 0 saturated heterocycles. The van der Waals surface area contributed by atoms with E-state index in [0.29, 0.717) is 0 Å². The third-order valence-electron chi connectivity index (χ3n) is 1.23. The molecule has 1 aromatic heterocycles. The van der Waals surface area contributed by atoms with Gasteiger partial charge in [0.25, 0.3) is 0 Å². The van der Waals surface area contributed by atoms with Crippen molar-refractivity contribution in [3.63, 3.8) is 0 Å². The first-order chi connectivity index (χ1) is 4.25. The fourth-order valence-corrected chi connectivity index (χ4v) is 1.01. The third kappa shape index (κ3) is 1.23. The van der Waals surface area contributed by atoms with Gasteiger partial charge in [-0.05, 0) is 36.4 Å². The molecular weight excluding hydrogens is 229 g/mol. The second-order valence-electron chi connectivity index (χ2n) is 1.78. The Morgan fingerprint density at radius 3 is 2.56 bits per heavy atom. The van der Waals surface area contributed by atoms with Crippen molar-refractivity contribution in [2.75, 3.05) is 0 Å². The zero-order valence-corrected chi connectivity index (χ0v) is 7.58. The minimum atomic E-state index is 0.905. The molecule has 0 aromatic carbocycles. The van der Waals surface area contributed by atoms with Crippen LogP contribution in [-0.2, 0) is 6.54 Å². The van der Waals surface area contributed by atoms with Crippen LogP contribution in [0.3, 0.4) is 0 Å². The van der Waals surface area contributed by atoms with Crippen molar-refractivity contribution >= 4 is 22.6 Å². The first-order valence-electron chi connectivity index (χ1n) is 2.81. The van der Waals surface area contributed by atoms with E-state index in [1.807, 2.05) is 11.6 Å². The van der Waals surface area contributed by atoms with E-state index in [2.05, 4.69) is 39.8 Å². The van der Waals surface area contributed by atoms with E-state index in [9.17, 15) is 0 Å². The number of nitrogens with zero attached hydrogens (tertiary/aromatic N) is 3. The lowest BCUT2D eigenvalue weighted by Crippen LogP contribution is -1.98. The predicted molar refractivity (Wildman–Crippen MR) is 43.2 cm³/mol. The molecule has 0 saturated carbocycles. The molecule has 0 aliphatic heterocycles. The van der Waals surface area contributed by atoms with Gasteiger partial charge in [0.15, 0.2) is 0 Å². The molecule has 4 heteroatoms. The van der Waals surface area contributed by atoms with Gasteiger partial charge in [-0.25, -0.2) is 4.68 Å². The van der Waals surface area contributed by atoms with Gasteiger partial charge in [-0.3, -0.25) is 0 Å². The van der Waals surface area contributed by atoms with Gasteiger partial charge < -0.3 is 0 Å². The molecule has 3 nitrogen and oxygen atoms in total. The highest BCUT2D eigenvalue weighted by molar-refractivity contribution is 14.1. The Morgan fingerprint density at radius 1 is 1.67 bits per heavy atom. The molecule has 1 rings (SSSR count). The lowest BCUT2D eigenvalue weighted by molar-refractivity contribution is 0.611. The van der Waals surface area contributed by atoms with Crippen molar-refractivity contribution in [3.8, 4) is 0 Å². The van der Waals surface area contributed by atoms with Crippen molar-refractivity contribution in [1.82, 2.24) is 15.0 Å². The summed E-state index contributed by atoms with van der Waals surface area (Å²) in [7, 11) is 0. The number of rotatable bonds is 1. The first-order valence-corrected chi connectivity index (χ1v) is 3.89. The summed E-state index contributed by atoms with van der Waals surface area (Å²) in [5.41, 5.74) is 1.15. The van der Waals surface area contributed by atoms with E-state index in [-0.39, 0.29) is 0 Å². The van der Waals surface area contributed by atoms with Crippen LogP contribution in [0, 0.1) is 10.6 Å². The largest absolute Gasteiger partial charge is 0.249 e. The highest BCUT2D eigenvalue weighted by Crippen LogP contribution is 2.04. The average molecular weight is 237 g/mol. The maximum absolute atomic E-state index is 3.89. The summed E-state index contributed by atoms with van der Waals surface area (Å²) >= 11 is 2.17. The maximum atomic E-state index is 3.89. The SMILES string of the molecule is CCn1nnc(I)c1C. The van der Waals surface area contributed by atoms with E-state index in [1.165, 1.54) is 0 Å². The lowest BCUT2D eigenvalue weighted by atomic mass is 10.5. The molecule has 0 aliphatic rings. The summed E-state index contributed by atoms with van der Waals surface area (Å²) in [6.45, 7) is 4.98. The molecule has 0 unspecified atom stereocenters. The summed E-state index contributed by atoms with van der Waals surface area (Å²) < 4.78 is 2.87. The summed E-state index contributed by atoms with van der Waals surface area (Å²) in [6.07, 6.45) is 0. The minimum absolute atomic E-state index is 0.905. The molecule has 9 heavy (non-hydrogen) atoms. The van der Waals surface area contributed by atoms with Gasteiger partial charge >= 0.3 is 0 Å². The van der Waals surface area contributed by atoms with Crippen LogP contribution in [0.25, 0.3) is 0 Å². The van der Waals surface area contributed by atoms with Crippen molar-refractivity contribution in [2.24, 2.45) is 0 Å².